The van der Waals surface area contributed by atoms with E-state index in [0.29, 0.717) is 23.4 Å². The molecule has 6 aromatic rings. The number of benzene rings is 2. The fraction of sp³-hybridized carbons (Fsp3) is 0.409. The summed E-state index contributed by atoms with van der Waals surface area (Å²) >= 11 is 0. The highest BCUT2D eigenvalue weighted by Gasteiger charge is 2.37. The number of halogens is 8. The van der Waals surface area contributed by atoms with Gasteiger partial charge in [0.1, 0.15) is 29.3 Å². The van der Waals surface area contributed by atoms with Crippen LogP contribution in [0.25, 0.3) is 11.4 Å². The number of aliphatic carboxylic acids is 1. The van der Waals surface area contributed by atoms with E-state index in [-0.39, 0.29) is 61.2 Å². The number of nitrogen functional groups attached to an aromatic ring is 1. The molecule has 0 saturated heterocycles. The van der Waals surface area contributed by atoms with Gasteiger partial charge in [-0.25, -0.2) is 32.9 Å². The molecule has 0 fully saturated rings. The van der Waals surface area contributed by atoms with Crippen LogP contribution in [0.1, 0.15) is 126 Å². The Bertz CT molecular complexity index is 2460. The van der Waals surface area contributed by atoms with Crippen LogP contribution in [-0.4, -0.2) is 55.5 Å². The molecule has 0 aliphatic carbocycles. The number of carboxylic acids is 1. The van der Waals surface area contributed by atoms with E-state index < -0.39 is 41.8 Å². The summed E-state index contributed by atoms with van der Waals surface area (Å²) < 4.78 is 108. The van der Waals surface area contributed by atoms with E-state index >= 15 is 0 Å². The molecule has 2 atom stereocenters. The molecule has 6 rings (SSSR count). The number of carbonyl (C=O) groups is 2. The lowest BCUT2D eigenvalue weighted by atomic mass is 9.98. The van der Waals surface area contributed by atoms with E-state index in [1.54, 1.807) is 59.9 Å². The second-order valence-electron chi connectivity index (χ2n) is 15.1. The number of Topliss-reactive ketones (excluding diaryl/α,β-unsaturated/α-hetero) is 1. The first-order valence-electron chi connectivity index (χ1n) is 19.8. The molecule has 0 amide bonds. The first kappa shape index (κ1) is 52.0. The van der Waals surface area contributed by atoms with Gasteiger partial charge in [0.05, 0.1) is 46.9 Å². The molecule has 0 spiro atoms. The lowest BCUT2D eigenvalue weighted by Crippen LogP contribution is -2.22. The van der Waals surface area contributed by atoms with Crippen LogP contribution in [0.4, 0.5) is 40.8 Å². The maximum atomic E-state index is 13.3. The summed E-state index contributed by atoms with van der Waals surface area (Å²) in [6.07, 6.45) is -3.73. The third-order valence-corrected chi connectivity index (χ3v) is 9.84. The van der Waals surface area contributed by atoms with Gasteiger partial charge >= 0.3 is 18.3 Å². The highest BCUT2D eigenvalue weighted by Crippen LogP contribution is 2.32. The van der Waals surface area contributed by atoms with Gasteiger partial charge in [-0.2, -0.15) is 36.5 Å². The highest BCUT2D eigenvalue weighted by atomic mass is 19.4. The predicted octanol–water partition coefficient (Wildman–Crippen LogP) is 11.0. The molecular formula is C44H53F8N9O3. The second kappa shape index (κ2) is 21.4. The molecule has 0 radical (unpaired) electrons. The van der Waals surface area contributed by atoms with Gasteiger partial charge in [-0.15, -0.1) is 0 Å². The third kappa shape index (κ3) is 12.4. The van der Waals surface area contributed by atoms with Crippen LogP contribution in [0.3, 0.4) is 0 Å². The highest BCUT2D eigenvalue weighted by molar-refractivity contribution is 5.85. The molecule has 0 aliphatic heterocycles. The third-order valence-electron chi connectivity index (χ3n) is 9.84. The maximum absolute atomic E-state index is 13.3. The number of aryl methyl sites for hydroxylation is 2. The summed E-state index contributed by atoms with van der Waals surface area (Å²) in [7, 11) is 0. The minimum absolute atomic E-state index is 0. The maximum Gasteiger partial charge on any atom is 0.434 e. The Morgan fingerprint density at radius 2 is 1.06 bits per heavy atom. The SMILES string of the molecule is C.CC(C)c1c(N)cnn1-c1ccc(F)cc1.CCC(C(=O)Cc1cnn(-c2ccc(F)cc2)c1C(C)C)n1cc(C(F)(F)F)nc1C.CCC(C(=O)O)n1cc(C(F)(F)F)nc1C. The quantitative estimate of drug-likeness (QED) is 0.115. The number of alkyl halides is 6. The molecular weight excluding hydrogens is 855 g/mol. The summed E-state index contributed by atoms with van der Waals surface area (Å²) in [5, 5.41) is 17.4. The van der Waals surface area contributed by atoms with Gasteiger partial charge in [0, 0.05) is 24.4 Å². The average molecular weight is 908 g/mol. The zero-order chi connectivity index (χ0) is 47.1. The van der Waals surface area contributed by atoms with Gasteiger partial charge in [-0.3, -0.25) is 4.79 Å². The molecule has 3 N–H and O–H groups in total. The lowest BCUT2D eigenvalue weighted by Gasteiger charge is -2.18. The molecule has 4 aromatic heterocycles. The van der Waals surface area contributed by atoms with Gasteiger partial charge in [0.2, 0.25) is 0 Å². The summed E-state index contributed by atoms with van der Waals surface area (Å²) in [5.74, 6) is -1.55. The Hall–Kier alpha value is -6.34. The lowest BCUT2D eigenvalue weighted by molar-refractivity contribution is -0.143. The molecule has 0 aliphatic rings. The number of rotatable bonds is 12. The van der Waals surface area contributed by atoms with Crippen LogP contribution in [-0.2, 0) is 28.4 Å². The monoisotopic (exact) mass is 907 g/mol. The largest absolute Gasteiger partial charge is 0.480 e. The van der Waals surface area contributed by atoms with Crippen LogP contribution >= 0.6 is 0 Å². The Kier molecular flexibility index (Phi) is 17.4. The molecule has 0 saturated carbocycles. The molecule has 0 bridgehead atoms. The molecule has 348 valence electrons. The fourth-order valence-corrected chi connectivity index (χ4v) is 6.92. The van der Waals surface area contributed by atoms with Crippen molar-refractivity contribution in [3.05, 3.63) is 125 Å². The number of nitrogens with zero attached hydrogens (tertiary/aromatic N) is 8. The summed E-state index contributed by atoms with van der Waals surface area (Å²) in [5.41, 5.74) is 8.37. The number of anilines is 1. The van der Waals surface area contributed by atoms with Crippen LogP contribution in [0.5, 0.6) is 0 Å². The molecule has 12 nitrogen and oxygen atoms in total. The number of carbonyl (C=O) groups excluding carboxylic acids is 1. The number of nitrogens with two attached hydrogens (primary N) is 1. The van der Waals surface area contributed by atoms with E-state index in [0.717, 1.165) is 34.0 Å². The smallest absolute Gasteiger partial charge is 0.434 e. The van der Waals surface area contributed by atoms with Crippen LogP contribution < -0.4 is 5.73 Å². The molecule has 20 heteroatoms. The second-order valence-corrected chi connectivity index (χ2v) is 15.1. The van der Waals surface area contributed by atoms with Crippen LogP contribution in [0.15, 0.2) is 73.3 Å². The van der Waals surface area contributed by atoms with Gasteiger partial charge in [-0.1, -0.05) is 49.0 Å². The van der Waals surface area contributed by atoms with E-state index in [9.17, 15) is 44.7 Å². The topological polar surface area (TPSA) is 152 Å². The van der Waals surface area contributed by atoms with E-state index in [1.807, 2.05) is 27.7 Å². The van der Waals surface area contributed by atoms with Crippen molar-refractivity contribution in [3.63, 3.8) is 0 Å². The molecule has 2 aromatic carbocycles. The number of carboxylic acid groups (broad SMARTS) is 1. The van der Waals surface area contributed by atoms with Gasteiger partial charge in [0.25, 0.3) is 0 Å². The molecule has 64 heavy (non-hydrogen) atoms. The van der Waals surface area contributed by atoms with Crippen LogP contribution in [0, 0.1) is 25.5 Å². The van der Waals surface area contributed by atoms with Crippen molar-refractivity contribution < 1.29 is 49.8 Å². The van der Waals surface area contributed by atoms with Gasteiger partial charge in [0.15, 0.2) is 17.2 Å². The average Bonchev–Trinajstić information content (AvgIpc) is 3.99. The zero-order valence-corrected chi connectivity index (χ0v) is 35.8. The van der Waals surface area contributed by atoms with Crippen molar-refractivity contribution >= 4 is 17.4 Å². The van der Waals surface area contributed by atoms with Crippen molar-refractivity contribution in [2.24, 2.45) is 0 Å². The first-order valence-corrected chi connectivity index (χ1v) is 19.8. The number of ketones is 1. The Balaban J connectivity index is 0.000000278. The minimum Gasteiger partial charge on any atom is -0.480 e. The predicted molar refractivity (Wildman–Crippen MR) is 225 cm³/mol. The zero-order valence-electron chi connectivity index (χ0n) is 35.8. The standard InChI is InChI=1S/C22H24F4N4O.C12H14FN3.C9H11F3N2O2.CH4/c1-5-18(29-12-20(22(24,25)26)28-14(29)4)19(31)10-15-11-27-30(21(15)13(2)3)17-8-6-16(23)7-9-17;1-8(2)12-11(14)7-15-16(12)10-5-3-9(13)4-6-10;1-3-6(8(15)16)14-4-7(9(10,11)12)13-5(14)2;/h6-9,11-13,18H,5,10H2,1-4H3;3-8H,14H2,1-2H3;4,6H,3H2,1-2H3,(H,15,16);1H4. The van der Waals surface area contributed by atoms with Crippen molar-refractivity contribution in [1.29, 1.82) is 0 Å². The number of hydrogen-bond donors (Lipinski definition) is 2. The van der Waals surface area contributed by atoms with Gasteiger partial charge < -0.3 is 20.0 Å². The molecule has 4 heterocycles. The Morgan fingerprint density at radius 1 is 0.672 bits per heavy atom. The van der Waals surface area contributed by atoms with Gasteiger partial charge in [-0.05, 0) is 87.1 Å². The summed E-state index contributed by atoms with van der Waals surface area (Å²) in [6.45, 7) is 14.2. The van der Waals surface area contributed by atoms with Crippen LogP contribution in [0.2, 0.25) is 0 Å². The van der Waals surface area contributed by atoms with E-state index in [4.69, 9.17) is 10.8 Å². The van der Waals surface area contributed by atoms with Crippen molar-refractivity contribution in [2.45, 2.75) is 118 Å². The van der Waals surface area contributed by atoms with Crippen molar-refractivity contribution in [2.75, 3.05) is 5.73 Å². The fourth-order valence-electron chi connectivity index (χ4n) is 6.92. The number of hydrogen-bond acceptors (Lipinski definition) is 7. The normalized spacial score (nSPS) is 12.5. The van der Waals surface area contributed by atoms with Crippen molar-refractivity contribution in [3.8, 4) is 11.4 Å². The Morgan fingerprint density at radius 3 is 1.42 bits per heavy atom. The summed E-state index contributed by atoms with van der Waals surface area (Å²) in [6, 6.07) is 10.3. The number of imidazole rings is 2. The Labute approximate surface area is 365 Å². The van der Waals surface area contributed by atoms with E-state index in [1.165, 1.54) is 42.7 Å². The minimum atomic E-state index is -4.57. The summed E-state index contributed by atoms with van der Waals surface area (Å²) in [4.78, 5) is 30.8. The number of aromatic nitrogens is 8. The first-order chi connectivity index (χ1) is 29.4. The van der Waals surface area contributed by atoms with Crippen molar-refractivity contribution in [1.82, 2.24) is 38.7 Å². The van der Waals surface area contributed by atoms with E-state index in [2.05, 4.69) is 20.2 Å². The molecule has 2 unspecified atom stereocenters.